The summed E-state index contributed by atoms with van der Waals surface area (Å²) in [7, 11) is 3.88. The highest BCUT2D eigenvalue weighted by Crippen LogP contribution is 1.88. The quantitative estimate of drug-likeness (QED) is 0.525. The van der Waals surface area contributed by atoms with Crippen LogP contribution in [0.3, 0.4) is 0 Å². The maximum atomic E-state index is 9.89. The Kier molecular flexibility index (Phi) is 3.44. The van der Waals surface area contributed by atoms with Gasteiger partial charge in [-0.2, -0.15) is 0 Å². The predicted molar refractivity (Wildman–Crippen MR) is 33.4 cm³/mol. The number of rotatable bonds is 3. The van der Waals surface area contributed by atoms with Crippen LogP contribution in [0.5, 0.6) is 0 Å². The molecular formula is C6H12NO. The lowest BCUT2D eigenvalue weighted by Crippen LogP contribution is -2.20. The Hall–Kier alpha value is -0.370. The van der Waals surface area contributed by atoms with Crippen LogP contribution in [0.4, 0.5) is 0 Å². The molecule has 1 atom stereocenters. The van der Waals surface area contributed by atoms with Gasteiger partial charge < -0.3 is 4.90 Å². The van der Waals surface area contributed by atoms with Crippen molar-refractivity contribution in [3.63, 3.8) is 0 Å². The zero-order chi connectivity index (χ0) is 6.57. The molecule has 0 aliphatic carbocycles. The molecular weight excluding hydrogens is 102 g/mol. The van der Waals surface area contributed by atoms with E-state index in [4.69, 9.17) is 0 Å². The van der Waals surface area contributed by atoms with Gasteiger partial charge in [0, 0.05) is 12.5 Å². The zero-order valence-electron chi connectivity index (χ0n) is 5.64. The SMILES string of the molecule is CC([C]=O)CN(C)C. The molecule has 0 saturated carbocycles. The third-order valence-electron chi connectivity index (χ3n) is 0.840. The summed E-state index contributed by atoms with van der Waals surface area (Å²) in [6, 6.07) is 0. The molecule has 0 spiro atoms. The van der Waals surface area contributed by atoms with E-state index in [1.165, 1.54) is 0 Å². The van der Waals surface area contributed by atoms with Crippen LogP contribution in [0.15, 0.2) is 0 Å². The topological polar surface area (TPSA) is 20.3 Å². The molecule has 0 aliphatic rings. The second-order valence-electron chi connectivity index (χ2n) is 2.28. The van der Waals surface area contributed by atoms with Gasteiger partial charge in [0.15, 0.2) is 0 Å². The van der Waals surface area contributed by atoms with Crippen molar-refractivity contribution < 1.29 is 4.79 Å². The minimum atomic E-state index is 0.0463. The van der Waals surface area contributed by atoms with E-state index in [2.05, 4.69) is 0 Å². The van der Waals surface area contributed by atoms with Crippen LogP contribution < -0.4 is 0 Å². The molecule has 0 aromatic carbocycles. The molecule has 0 fully saturated rings. The number of carbonyl (C=O) groups excluding carboxylic acids is 1. The molecule has 47 valence electrons. The summed E-state index contributed by atoms with van der Waals surface area (Å²) in [6.45, 7) is 2.65. The molecule has 8 heavy (non-hydrogen) atoms. The third kappa shape index (κ3) is 3.81. The summed E-state index contributed by atoms with van der Waals surface area (Å²) in [4.78, 5) is 11.9. The van der Waals surface area contributed by atoms with Crippen LogP contribution in [-0.2, 0) is 4.79 Å². The molecule has 0 bridgehead atoms. The summed E-state index contributed by atoms with van der Waals surface area (Å²) >= 11 is 0. The highest BCUT2D eigenvalue weighted by atomic mass is 16.1. The molecule has 0 rings (SSSR count). The molecule has 0 amide bonds. The maximum Gasteiger partial charge on any atom is 0.202 e. The van der Waals surface area contributed by atoms with Crippen LogP contribution in [-0.4, -0.2) is 31.8 Å². The predicted octanol–water partition coefficient (Wildman–Crippen LogP) is 0.294. The van der Waals surface area contributed by atoms with Gasteiger partial charge in [-0.3, -0.25) is 4.79 Å². The van der Waals surface area contributed by atoms with E-state index in [0.29, 0.717) is 0 Å². The molecule has 0 saturated heterocycles. The van der Waals surface area contributed by atoms with E-state index in [0.717, 1.165) is 6.54 Å². The monoisotopic (exact) mass is 114 g/mol. The second kappa shape index (κ2) is 3.61. The standard InChI is InChI=1S/C6H12NO/c1-6(5-8)4-7(2)3/h6H,4H2,1-3H3. The lowest BCUT2D eigenvalue weighted by Gasteiger charge is -2.09. The van der Waals surface area contributed by atoms with Crippen LogP contribution in [0.2, 0.25) is 0 Å². The van der Waals surface area contributed by atoms with E-state index in [1.807, 2.05) is 32.2 Å². The largest absolute Gasteiger partial charge is 0.309 e. The lowest BCUT2D eigenvalue weighted by molar-refractivity contribution is 0.372. The molecule has 2 nitrogen and oxygen atoms in total. The molecule has 0 heterocycles. The van der Waals surface area contributed by atoms with Crippen molar-refractivity contribution in [2.24, 2.45) is 5.92 Å². The van der Waals surface area contributed by atoms with Gasteiger partial charge in [-0.05, 0) is 14.1 Å². The average Bonchev–Trinajstić information content (AvgIpc) is 1.65. The molecule has 1 unspecified atom stereocenters. The van der Waals surface area contributed by atoms with Crippen molar-refractivity contribution in [2.45, 2.75) is 6.92 Å². The third-order valence-corrected chi connectivity index (χ3v) is 0.840. The Morgan fingerprint density at radius 3 is 2.25 bits per heavy atom. The normalized spacial score (nSPS) is 14.0. The number of nitrogens with zero attached hydrogens (tertiary/aromatic N) is 1. The van der Waals surface area contributed by atoms with Crippen molar-refractivity contribution >= 4 is 6.29 Å². The van der Waals surface area contributed by atoms with E-state index >= 15 is 0 Å². The Morgan fingerprint density at radius 1 is 1.62 bits per heavy atom. The van der Waals surface area contributed by atoms with Crippen molar-refractivity contribution in [3.05, 3.63) is 0 Å². The molecule has 0 N–H and O–H groups in total. The fourth-order valence-electron chi connectivity index (χ4n) is 0.585. The van der Waals surface area contributed by atoms with Crippen molar-refractivity contribution in [1.82, 2.24) is 4.90 Å². The Bertz CT molecular complexity index is 70.9. The second-order valence-corrected chi connectivity index (χ2v) is 2.28. The molecule has 0 aliphatic heterocycles. The van der Waals surface area contributed by atoms with Crippen molar-refractivity contribution in [2.75, 3.05) is 20.6 Å². The first-order valence-corrected chi connectivity index (χ1v) is 2.69. The van der Waals surface area contributed by atoms with E-state index in [1.54, 1.807) is 0 Å². The van der Waals surface area contributed by atoms with Crippen molar-refractivity contribution in [1.29, 1.82) is 0 Å². The van der Waals surface area contributed by atoms with Gasteiger partial charge in [0.25, 0.3) is 0 Å². The minimum absolute atomic E-state index is 0.0463. The van der Waals surface area contributed by atoms with Crippen LogP contribution >= 0.6 is 0 Å². The highest BCUT2D eigenvalue weighted by molar-refractivity contribution is 5.53. The van der Waals surface area contributed by atoms with E-state index < -0.39 is 0 Å². The highest BCUT2D eigenvalue weighted by Gasteiger charge is 1.99. The smallest absolute Gasteiger partial charge is 0.202 e. The first kappa shape index (κ1) is 7.63. The average molecular weight is 114 g/mol. The first-order chi connectivity index (χ1) is 3.66. The van der Waals surface area contributed by atoms with E-state index in [9.17, 15) is 4.79 Å². The summed E-state index contributed by atoms with van der Waals surface area (Å²) in [5, 5.41) is 0. The first-order valence-electron chi connectivity index (χ1n) is 2.69. The lowest BCUT2D eigenvalue weighted by atomic mass is 10.2. The van der Waals surface area contributed by atoms with Crippen molar-refractivity contribution in [3.8, 4) is 0 Å². The summed E-state index contributed by atoms with van der Waals surface area (Å²) < 4.78 is 0. The summed E-state index contributed by atoms with van der Waals surface area (Å²) in [5.41, 5.74) is 0. The molecule has 2 heteroatoms. The molecule has 1 radical (unpaired) electrons. The van der Waals surface area contributed by atoms with Gasteiger partial charge in [-0.15, -0.1) is 0 Å². The fourth-order valence-corrected chi connectivity index (χ4v) is 0.585. The van der Waals surface area contributed by atoms with E-state index in [-0.39, 0.29) is 5.92 Å². The van der Waals surface area contributed by atoms with Crippen LogP contribution in [0.25, 0.3) is 0 Å². The number of hydrogen-bond donors (Lipinski definition) is 0. The number of hydrogen-bond acceptors (Lipinski definition) is 2. The van der Waals surface area contributed by atoms with Gasteiger partial charge in [0.05, 0.1) is 0 Å². The molecule has 0 aromatic rings. The van der Waals surface area contributed by atoms with Crippen LogP contribution in [0.1, 0.15) is 6.92 Å². The van der Waals surface area contributed by atoms with Gasteiger partial charge >= 0.3 is 0 Å². The van der Waals surface area contributed by atoms with Gasteiger partial charge in [-0.25, -0.2) is 0 Å². The Balaban J connectivity index is 3.23. The fraction of sp³-hybridized carbons (Fsp3) is 0.833. The van der Waals surface area contributed by atoms with Crippen LogP contribution in [0, 0.1) is 5.92 Å². The minimum Gasteiger partial charge on any atom is -0.309 e. The summed E-state index contributed by atoms with van der Waals surface area (Å²) in [5.74, 6) is 0.0463. The van der Waals surface area contributed by atoms with Gasteiger partial charge in [0.2, 0.25) is 6.29 Å². The summed E-state index contributed by atoms with van der Waals surface area (Å²) in [6.07, 6.45) is 1.90. The van der Waals surface area contributed by atoms with Gasteiger partial charge in [0.1, 0.15) is 0 Å². The maximum absolute atomic E-state index is 9.89. The molecule has 0 aromatic heterocycles. The Labute approximate surface area is 50.5 Å². The Morgan fingerprint density at radius 2 is 2.12 bits per heavy atom. The van der Waals surface area contributed by atoms with Gasteiger partial charge in [-0.1, -0.05) is 6.92 Å². The zero-order valence-corrected chi connectivity index (χ0v) is 5.64.